The first-order chi connectivity index (χ1) is 7.65. The van der Waals surface area contributed by atoms with Gasteiger partial charge in [0.15, 0.2) is 0 Å². The van der Waals surface area contributed by atoms with Crippen molar-refractivity contribution in [3.63, 3.8) is 0 Å². The van der Waals surface area contributed by atoms with Gasteiger partial charge in [-0.1, -0.05) is 0 Å². The van der Waals surface area contributed by atoms with Crippen molar-refractivity contribution in [3.05, 3.63) is 18.2 Å². The van der Waals surface area contributed by atoms with Gasteiger partial charge in [-0.3, -0.25) is 14.5 Å². The third-order valence-electron chi connectivity index (χ3n) is 2.84. The van der Waals surface area contributed by atoms with E-state index in [-0.39, 0.29) is 17.9 Å². The lowest BCUT2D eigenvalue weighted by atomic mass is 10.0. The van der Waals surface area contributed by atoms with E-state index < -0.39 is 0 Å². The first-order valence-corrected chi connectivity index (χ1v) is 5.55. The van der Waals surface area contributed by atoms with E-state index in [0.717, 1.165) is 5.69 Å². The van der Waals surface area contributed by atoms with Crippen molar-refractivity contribution in [2.75, 3.05) is 7.05 Å². The van der Waals surface area contributed by atoms with Crippen LogP contribution in [-0.4, -0.2) is 33.3 Å². The summed E-state index contributed by atoms with van der Waals surface area (Å²) in [5.41, 5.74) is 0.794. The molecule has 1 aliphatic heterocycles. The fourth-order valence-electron chi connectivity index (χ4n) is 1.87. The predicted octanol–water partition coefficient (Wildman–Crippen LogP) is 0.942. The molecule has 1 fully saturated rings. The Morgan fingerprint density at radius 3 is 3.00 bits per heavy atom. The molecule has 0 aliphatic carbocycles. The van der Waals surface area contributed by atoms with E-state index in [0.29, 0.717) is 18.7 Å². The van der Waals surface area contributed by atoms with Crippen molar-refractivity contribution >= 4 is 23.4 Å². The molecule has 0 N–H and O–H groups in total. The number of piperidine rings is 1. The third-order valence-corrected chi connectivity index (χ3v) is 3.11. The fraction of sp³-hybridized carbons (Fsp3) is 0.500. The molecule has 6 heteroatoms. The molecule has 2 rings (SSSR count). The quantitative estimate of drug-likeness (QED) is 0.572. The van der Waals surface area contributed by atoms with Crippen molar-refractivity contribution in [2.45, 2.75) is 24.8 Å². The number of imidazole rings is 1. The Bertz CT molecular complexity index is 429. The van der Waals surface area contributed by atoms with Crippen molar-refractivity contribution in [2.24, 2.45) is 0 Å². The number of amides is 2. The van der Waals surface area contributed by atoms with Gasteiger partial charge in [0, 0.05) is 19.7 Å². The van der Waals surface area contributed by atoms with Crippen LogP contribution < -0.4 is 0 Å². The van der Waals surface area contributed by atoms with Crippen LogP contribution in [0.3, 0.4) is 0 Å². The minimum atomic E-state index is -0.348. The van der Waals surface area contributed by atoms with Gasteiger partial charge in [0.2, 0.25) is 5.91 Å². The smallest absolute Gasteiger partial charge is 0.252 e. The highest BCUT2D eigenvalue weighted by Gasteiger charge is 2.33. The number of aromatic nitrogens is 2. The molecule has 1 aromatic rings. The Morgan fingerprint density at radius 2 is 2.31 bits per heavy atom. The Kier molecular flexibility index (Phi) is 2.96. The molecule has 1 saturated heterocycles. The highest BCUT2D eigenvalue weighted by molar-refractivity contribution is 6.16. The molecule has 16 heavy (non-hydrogen) atoms. The summed E-state index contributed by atoms with van der Waals surface area (Å²) in [6.07, 6.45) is 4.12. The molecule has 2 amide bonds. The summed E-state index contributed by atoms with van der Waals surface area (Å²) >= 11 is 5.75. The van der Waals surface area contributed by atoms with Gasteiger partial charge < -0.3 is 4.57 Å². The standard InChI is InChI=1S/C10H12ClN3O2/c1-13-9(15)3-2-8(10(13)16)14-6-12-5-7(14)4-11/h5-6,8H,2-4H2,1H3. The Hall–Kier alpha value is -1.36. The van der Waals surface area contributed by atoms with E-state index in [9.17, 15) is 9.59 Å². The van der Waals surface area contributed by atoms with Crippen LogP contribution in [0.1, 0.15) is 24.6 Å². The zero-order valence-electron chi connectivity index (χ0n) is 8.89. The molecule has 0 aromatic carbocycles. The summed E-state index contributed by atoms with van der Waals surface area (Å²) in [5, 5.41) is 0. The lowest BCUT2D eigenvalue weighted by molar-refractivity contribution is -0.149. The van der Waals surface area contributed by atoms with Crippen LogP contribution in [0.5, 0.6) is 0 Å². The lowest BCUT2D eigenvalue weighted by Crippen LogP contribution is -2.43. The van der Waals surface area contributed by atoms with E-state index in [1.807, 2.05) is 0 Å². The molecule has 1 aliphatic rings. The maximum Gasteiger partial charge on any atom is 0.252 e. The van der Waals surface area contributed by atoms with E-state index in [1.54, 1.807) is 17.1 Å². The number of hydrogen-bond acceptors (Lipinski definition) is 3. The van der Waals surface area contributed by atoms with Gasteiger partial charge >= 0.3 is 0 Å². The van der Waals surface area contributed by atoms with Gasteiger partial charge in [-0.05, 0) is 6.42 Å². The lowest BCUT2D eigenvalue weighted by Gasteiger charge is -2.29. The zero-order chi connectivity index (χ0) is 11.7. The zero-order valence-corrected chi connectivity index (χ0v) is 9.65. The van der Waals surface area contributed by atoms with E-state index in [2.05, 4.69) is 4.98 Å². The summed E-state index contributed by atoms with van der Waals surface area (Å²) in [6.45, 7) is 0. The number of likely N-dealkylation sites (tertiary alicyclic amines) is 1. The van der Waals surface area contributed by atoms with Crippen LogP contribution in [0.2, 0.25) is 0 Å². The number of carbonyl (C=O) groups is 2. The Labute approximate surface area is 98.0 Å². The molecule has 0 bridgehead atoms. The highest BCUT2D eigenvalue weighted by Crippen LogP contribution is 2.24. The second kappa shape index (κ2) is 4.25. The monoisotopic (exact) mass is 241 g/mol. The number of nitrogens with zero attached hydrogens (tertiary/aromatic N) is 3. The Morgan fingerprint density at radius 1 is 1.56 bits per heavy atom. The van der Waals surface area contributed by atoms with E-state index >= 15 is 0 Å². The number of carbonyl (C=O) groups excluding carboxylic acids is 2. The van der Waals surface area contributed by atoms with Gasteiger partial charge in [0.1, 0.15) is 6.04 Å². The molecule has 1 aromatic heterocycles. The maximum absolute atomic E-state index is 11.9. The van der Waals surface area contributed by atoms with Gasteiger partial charge in [-0.2, -0.15) is 0 Å². The van der Waals surface area contributed by atoms with Crippen LogP contribution in [0.25, 0.3) is 0 Å². The third kappa shape index (κ3) is 1.71. The van der Waals surface area contributed by atoms with Crippen LogP contribution in [-0.2, 0) is 15.5 Å². The summed E-state index contributed by atoms with van der Waals surface area (Å²) in [7, 11) is 1.51. The second-order valence-electron chi connectivity index (χ2n) is 3.77. The average Bonchev–Trinajstić information content (AvgIpc) is 2.74. The van der Waals surface area contributed by atoms with E-state index in [1.165, 1.54) is 11.9 Å². The van der Waals surface area contributed by atoms with Gasteiger partial charge in [-0.25, -0.2) is 4.98 Å². The minimum Gasteiger partial charge on any atom is -0.321 e. The summed E-state index contributed by atoms with van der Waals surface area (Å²) < 4.78 is 1.75. The van der Waals surface area contributed by atoms with Crippen LogP contribution in [0.4, 0.5) is 0 Å². The normalized spacial score (nSPS) is 21.6. The van der Waals surface area contributed by atoms with Crippen molar-refractivity contribution < 1.29 is 9.59 Å². The molecule has 0 radical (unpaired) electrons. The first kappa shape index (κ1) is 11.1. The molecule has 2 heterocycles. The number of hydrogen-bond donors (Lipinski definition) is 0. The molecule has 0 saturated carbocycles. The highest BCUT2D eigenvalue weighted by atomic mass is 35.5. The number of rotatable bonds is 2. The first-order valence-electron chi connectivity index (χ1n) is 5.02. The molecule has 0 spiro atoms. The second-order valence-corrected chi connectivity index (χ2v) is 4.04. The molecule has 1 atom stereocenters. The van der Waals surface area contributed by atoms with Crippen LogP contribution in [0, 0.1) is 0 Å². The topological polar surface area (TPSA) is 55.2 Å². The van der Waals surface area contributed by atoms with Gasteiger partial charge in [0.05, 0.1) is 17.9 Å². The molecular formula is C10H12ClN3O2. The molecule has 5 nitrogen and oxygen atoms in total. The van der Waals surface area contributed by atoms with Crippen LogP contribution in [0.15, 0.2) is 12.5 Å². The van der Waals surface area contributed by atoms with Crippen molar-refractivity contribution in [1.29, 1.82) is 0 Å². The molecular weight excluding hydrogens is 230 g/mol. The largest absolute Gasteiger partial charge is 0.321 e. The van der Waals surface area contributed by atoms with Gasteiger partial charge in [0.25, 0.3) is 5.91 Å². The number of alkyl halides is 1. The number of likely N-dealkylation sites (N-methyl/N-ethyl adjacent to an activating group) is 1. The minimum absolute atomic E-state index is 0.131. The van der Waals surface area contributed by atoms with E-state index in [4.69, 9.17) is 11.6 Å². The summed E-state index contributed by atoms with van der Waals surface area (Å²) in [6, 6.07) is -0.348. The molecule has 1 unspecified atom stereocenters. The summed E-state index contributed by atoms with van der Waals surface area (Å²) in [4.78, 5) is 28.4. The van der Waals surface area contributed by atoms with Gasteiger partial charge in [-0.15, -0.1) is 11.6 Å². The average molecular weight is 242 g/mol. The SMILES string of the molecule is CN1C(=O)CCC(n2cncc2CCl)C1=O. The van der Waals surface area contributed by atoms with Crippen molar-refractivity contribution in [3.8, 4) is 0 Å². The fourth-order valence-corrected chi connectivity index (χ4v) is 2.08. The Balaban J connectivity index is 2.28. The summed E-state index contributed by atoms with van der Waals surface area (Å²) in [5.74, 6) is -0.0176. The number of halogens is 1. The van der Waals surface area contributed by atoms with Crippen molar-refractivity contribution in [1.82, 2.24) is 14.5 Å². The molecule has 86 valence electrons. The van der Waals surface area contributed by atoms with Crippen LogP contribution >= 0.6 is 11.6 Å². The predicted molar refractivity (Wildman–Crippen MR) is 57.8 cm³/mol. The number of imide groups is 1. The maximum atomic E-state index is 11.9.